The number of ether oxygens (including phenoxy) is 2. The van der Waals surface area contributed by atoms with E-state index in [0.29, 0.717) is 31.7 Å². The van der Waals surface area contributed by atoms with E-state index in [0.717, 1.165) is 93.7 Å². The van der Waals surface area contributed by atoms with Crippen LogP contribution in [-0.4, -0.2) is 38.4 Å². The Balaban J connectivity index is 2.43. The molecule has 1 rings (SSSR count). The highest BCUT2D eigenvalue weighted by atomic mass is 31.2. The molecule has 8 heteroatoms. The fourth-order valence-corrected chi connectivity index (χ4v) is 6.49. The van der Waals surface area contributed by atoms with Crippen LogP contribution in [0.5, 0.6) is 0 Å². The van der Waals surface area contributed by atoms with Crippen LogP contribution in [0.15, 0.2) is 37.4 Å². The standard InChI is InChI=1S/C31H49O7P/c1-6-29(32)35-20-16-12-8-10-14-18-22-37-39(34,31-27(4)24-26(3)25-28(31)5)38-23-19-15-11-9-13-17-21-36-30(33)7-2/h6-7,24-25H,1-2,8-23H2,3-5H3. The lowest BCUT2D eigenvalue weighted by molar-refractivity contribution is -0.138. The van der Waals surface area contributed by atoms with Crippen LogP contribution in [0.2, 0.25) is 0 Å². The van der Waals surface area contributed by atoms with Gasteiger partial charge in [0.05, 0.1) is 31.7 Å². The van der Waals surface area contributed by atoms with Gasteiger partial charge < -0.3 is 18.5 Å². The minimum absolute atomic E-state index is 0.376. The largest absolute Gasteiger partial charge is 0.463 e. The van der Waals surface area contributed by atoms with Crippen molar-refractivity contribution in [2.24, 2.45) is 0 Å². The van der Waals surface area contributed by atoms with E-state index in [-0.39, 0.29) is 11.9 Å². The van der Waals surface area contributed by atoms with Crippen molar-refractivity contribution in [1.29, 1.82) is 0 Å². The molecule has 0 atom stereocenters. The zero-order valence-electron chi connectivity index (χ0n) is 24.3. The number of carbonyl (C=O) groups is 2. The van der Waals surface area contributed by atoms with Gasteiger partial charge in [0.15, 0.2) is 0 Å². The number of esters is 2. The molecule has 0 aromatic heterocycles. The highest BCUT2D eigenvalue weighted by molar-refractivity contribution is 7.62. The van der Waals surface area contributed by atoms with Crippen molar-refractivity contribution < 1.29 is 32.7 Å². The molecule has 1 aromatic rings. The normalized spacial score (nSPS) is 11.3. The lowest BCUT2D eigenvalue weighted by Crippen LogP contribution is -2.18. The molecule has 0 saturated carbocycles. The summed E-state index contributed by atoms with van der Waals surface area (Å²) in [4.78, 5) is 22.1. The van der Waals surface area contributed by atoms with Gasteiger partial charge in [0.25, 0.3) is 0 Å². The van der Waals surface area contributed by atoms with Crippen LogP contribution in [-0.2, 0) is 32.7 Å². The van der Waals surface area contributed by atoms with Crippen molar-refractivity contribution in [3.63, 3.8) is 0 Å². The van der Waals surface area contributed by atoms with Gasteiger partial charge in [-0.3, -0.25) is 4.57 Å². The van der Waals surface area contributed by atoms with E-state index in [1.807, 2.05) is 32.9 Å². The third-order valence-corrected chi connectivity index (χ3v) is 8.63. The molecule has 0 radical (unpaired) electrons. The van der Waals surface area contributed by atoms with Crippen molar-refractivity contribution in [3.8, 4) is 0 Å². The summed E-state index contributed by atoms with van der Waals surface area (Å²) in [6, 6.07) is 4.06. The predicted molar refractivity (Wildman–Crippen MR) is 158 cm³/mol. The van der Waals surface area contributed by atoms with Crippen molar-refractivity contribution >= 4 is 24.8 Å². The van der Waals surface area contributed by atoms with Crippen LogP contribution in [0.25, 0.3) is 0 Å². The predicted octanol–water partition coefficient (Wildman–Crippen LogP) is 7.60. The monoisotopic (exact) mass is 564 g/mol. The Hall–Kier alpha value is -2.21. The lowest BCUT2D eigenvalue weighted by Gasteiger charge is -2.23. The van der Waals surface area contributed by atoms with Crippen LogP contribution < -0.4 is 5.30 Å². The van der Waals surface area contributed by atoms with Gasteiger partial charge in [-0.2, -0.15) is 0 Å². The summed E-state index contributed by atoms with van der Waals surface area (Å²) in [6.07, 6.45) is 13.8. The molecule has 0 fully saturated rings. The molecule has 1 aromatic carbocycles. The number of rotatable bonds is 23. The average Bonchev–Trinajstić information content (AvgIpc) is 2.89. The molecule has 0 bridgehead atoms. The smallest absolute Gasteiger partial charge is 0.361 e. The highest BCUT2D eigenvalue weighted by Crippen LogP contribution is 2.49. The van der Waals surface area contributed by atoms with Crippen molar-refractivity contribution in [3.05, 3.63) is 54.1 Å². The molecule has 0 saturated heterocycles. The maximum absolute atomic E-state index is 14.0. The Morgan fingerprint density at radius 1 is 0.641 bits per heavy atom. The molecule has 0 aliphatic rings. The molecular weight excluding hydrogens is 515 g/mol. The Morgan fingerprint density at radius 3 is 1.33 bits per heavy atom. The van der Waals surface area contributed by atoms with E-state index in [4.69, 9.17) is 18.5 Å². The summed E-state index contributed by atoms with van der Waals surface area (Å²) >= 11 is 0. The van der Waals surface area contributed by atoms with Crippen LogP contribution in [0.1, 0.15) is 93.7 Å². The number of hydrogen-bond donors (Lipinski definition) is 0. The van der Waals surface area contributed by atoms with E-state index in [1.54, 1.807) is 0 Å². The highest BCUT2D eigenvalue weighted by Gasteiger charge is 2.31. The van der Waals surface area contributed by atoms with E-state index >= 15 is 0 Å². The molecular formula is C31H49O7P. The number of carbonyl (C=O) groups excluding carboxylic acids is 2. The van der Waals surface area contributed by atoms with Gasteiger partial charge in [0.1, 0.15) is 0 Å². The maximum Gasteiger partial charge on any atom is 0.361 e. The van der Waals surface area contributed by atoms with Crippen LogP contribution >= 0.6 is 7.60 Å². The average molecular weight is 565 g/mol. The van der Waals surface area contributed by atoms with Gasteiger partial charge >= 0.3 is 19.5 Å². The van der Waals surface area contributed by atoms with E-state index in [1.165, 1.54) is 12.2 Å². The molecule has 0 spiro atoms. The fraction of sp³-hybridized carbons (Fsp3) is 0.613. The van der Waals surface area contributed by atoms with Crippen molar-refractivity contribution in [1.82, 2.24) is 0 Å². The second-order valence-corrected chi connectivity index (χ2v) is 11.9. The Bertz CT molecular complexity index is 874. The zero-order valence-corrected chi connectivity index (χ0v) is 25.2. The zero-order chi connectivity index (χ0) is 28.9. The van der Waals surface area contributed by atoms with Gasteiger partial charge in [-0.05, 0) is 57.6 Å². The first-order valence-electron chi connectivity index (χ1n) is 14.3. The first-order valence-corrected chi connectivity index (χ1v) is 15.8. The summed E-state index contributed by atoms with van der Waals surface area (Å²) < 4.78 is 36.0. The number of hydrogen-bond acceptors (Lipinski definition) is 7. The van der Waals surface area contributed by atoms with Gasteiger partial charge in [-0.25, -0.2) is 9.59 Å². The molecule has 39 heavy (non-hydrogen) atoms. The molecule has 0 amide bonds. The summed E-state index contributed by atoms with van der Waals surface area (Å²) in [6.45, 7) is 14.4. The van der Waals surface area contributed by atoms with Gasteiger partial charge in [0.2, 0.25) is 0 Å². The summed E-state index contributed by atoms with van der Waals surface area (Å²) in [5.41, 5.74) is 2.99. The Kier molecular flexibility index (Phi) is 18.4. The molecule has 0 heterocycles. The van der Waals surface area contributed by atoms with Crippen LogP contribution in [0, 0.1) is 20.8 Å². The van der Waals surface area contributed by atoms with E-state index in [9.17, 15) is 14.2 Å². The van der Waals surface area contributed by atoms with Gasteiger partial charge in [-0.1, -0.05) is 82.2 Å². The molecule has 0 unspecified atom stereocenters. The minimum atomic E-state index is -3.45. The Morgan fingerprint density at radius 2 is 0.974 bits per heavy atom. The van der Waals surface area contributed by atoms with E-state index < -0.39 is 7.60 Å². The summed E-state index contributed by atoms with van der Waals surface area (Å²) in [5, 5.41) is 0.691. The van der Waals surface area contributed by atoms with Crippen LogP contribution in [0.3, 0.4) is 0 Å². The quantitative estimate of drug-likeness (QED) is 0.0585. The lowest BCUT2D eigenvalue weighted by atomic mass is 10.1. The molecule has 220 valence electrons. The SMILES string of the molecule is C=CC(=O)OCCCCCCCCOP(=O)(OCCCCCCCCOC(=O)C=C)c1c(C)cc(C)cc1C. The summed E-state index contributed by atoms with van der Waals surface area (Å²) in [5.74, 6) is -0.753. The second-order valence-electron chi connectivity index (χ2n) is 9.90. The Labute approximate surface area is 235 Å². The molecule has 0 aliphatic carbocycles. The fourth-order valence-electron chi connectivity index (χ4n) is 4.43. The van der Waals surface area contributed by atoms with Gasteiger partial charge in [-0.15, -0.1) is 0 Å². The third kappa shape index (κ3) is 15.2. The van der Waals surface area contributed by atoms with E-state index in [2.05, 4.69) is 13.2 Å². The molecule has 0 aliphatic heterocycles. The molecule has 0 N–H and O–H groups in total. The number of aryl methyl sites for hydroxylation is 3. The topological polar surface area (TPSA) is 88.1 Å². The maximum atomic E-state index is 14.0. The first kappa shape index (κ1) is 34.8. The second kappa shape index (κ2) is 20.7. The van der Waals surface area contributed by atoms with Crippen LogP contribution in [0.4, 0.5) is 0 Å². The number of unbranched alkanes of at least 4 members (excludes halogenated alkanes) is 10. The summed E-state index contributed by atoms with van der Waals surface area (Å²) in [7, 11) is -3.45. The number of benzene rings is 1. The minimum Gasteiger partial charge on any atom is -0.463 e. The third-order valence-electron chi connectivity index (χ3n) is 6.33. The van der Waals surface area contributed by atoms with Gasteiger partial charge in [0, 0.05) is 12.2 Å². The van der Waals surface area contributed by atoms with Crippen molar-refractivity contribution in [2.45, 2.75) is 97.8 Å². The first-order chi connectivity index (χ1) is 18.7. The van der Waals surface area contributed by atoms with Crippen molar-refractivity contribution in [2.75, 3.05) is 26.4 Å². The molecule has 7 nitrogen and oxygen atoms in total.